The molecule has 1 saturated heterocycles. The predicted octanol–water partition coefficient (Wildman–Crippen LogP) is 3.85. The van der Waals surface area contributed by atoms with Crippen molar-refractivity contribution in [2.24, 2.45) is 0 Å². The van der Waals surface area contributed by atoms with Gasteiger partial charge in [-0.1, -0.05) is 36.7 Å². The summed E-state index contributed by atoms with van der Waals surface area (Å²) >= 11 is 13.2. The molecule has 0 radical (unpaired) electrons. The van der Waals surface area contributed by atoms with E-state index in [0.29, 0.717) is 63.9 Å². The fraction of sp³-hybridized carbons (Fsp3) is 0.375. The van der Waals surface area contributed by atoms with E-state index in [1.807, 2.05) is 13.0 Å². The third-order valence-electron chi connectivity index (χ3n) is 5.81. The van der Waals surface area contributed by atoms with Gasteiger partial charge in [-0.05, 0) is 18.6 Å². The Hall–Kier alpha value is -2.69. The average molecular weight is 520 g/mol. The molecule has 0 bridgehead atoms. The Labute approximate surface area is 213 Å². The van der Waals surface area contributed by atoms with Gasteiger partial charge in [0.25, 0.3) is 0 Å². The summed E-state index contributed by atoms with van der Waals surface area (Å²) < 4.78 is 16.4. The molecular formula is C24H27Cl2N5O4. The van der Waals surface area contributed by atoms with E-state index in [-0.39, 0.29) is 12.1 Å². The minimum Gasteiger partial charge on any atom is -0.495 e. The van der Waals surface area contributed by atoms with Crippen LogP contribution in [0.2, 0.25) is 10.0 Å². The van der Waals surface area contributed by atoms with Crippen LogP contribution >= 0.6 is 23.2 Å². The van der Waals surface area contributed by atoms with Crippen LogP contribution in [-0.2, 0) is 11.2 Å². The summed E-state index contributed by atoms with van der Waals surface area (Å²) in [6, 6.07) is 3.23. The van der Waals surface area contributed by atoms with Gasteiger partial charge in [0, 0.05) is 23.2 Å². The van der Waals surface area contributed by atoms with Crippen LogP contribution in [0.1, 0.15) is 12.6 Å². The summed E-state index contributed by atoms with van der Waals surface area (Å²) in [4.78, 5) is 14.0. The number of ether oxygens (including phenoxy) is 3. The lowest BCUT2D eigenvalue weighted by molar-refractivity contribution is 0.149. The highest BCUT2D eigenvalue weighted by Gasteiger charge is 2.30. The van der Waals surface area contributed by atoms with Gasteiger partial charge in [0.1, 0.15) is 17.7 Å². The van der Waals surface area contributed by atoms with E-state index >= 15 is 0 Å². The number of nitrogens with one attached hydrogen (secondary N) is 2. The highest BCUT2D eigenvalue weighted by Crippen LogP contribution is 2.45. The molecule has 0 saturated carbocycles. The minimum absolute atomic E-state index is 0.124. The zero-order valence-electron chi connectivity index (χ0n) is 19.6. The second-order valence-corrected chi connectivity index (χ2v) is 8.72. The molecule has 1 aliphatic rings. The number of aryl methyl sites for hydroxylation is 1. The first kappa shape index (κ1) is 25.4. The number of pyridine rings is 1. The van der Waals surface area contributed by atoms with Crippen LogP contribution < -0.4 is 20.1 Å². The van der Waals surface area contributed by atoms with Gasteiger partial charge >= 0.3 is 0 Å². The van der Waals surface area contributed by atoms with Gasteiger partial charge in [0.2, 0.25) is 5.95 Å². The Kier molecular flexibility index (Phi) is 7.93. The first-order valence-electron chi connectivity index (χ1n) is 11.1. The standard InChI is InChI=1S/C24H27Cl2N5O4/c1-5-13-23-12(7-14(28-13)20-21(25)17(33-3)8-18(34-4)22(20)26)9-27-24(31-23)30-16-11-35-10-15(16)29-19(32)6-2/h6-9,15-16,19,29,32H,2,5,10-11H2,1,3-4H3,(H,27,30,31)/t15-,16+,19?/m0/s1. The zero-order chi connectivity index (χ0) is 25.1. The van der Waals surface area contributed by atoms with Gasteiger partial charge in [-0.2, -0.15) is 0 Å². The number of methoxy groups -OCH3 is 2. The molecule has 1 aliphatic heterocycles. The SMILES string of the molecule is C=CC(O)N[C@H]1COC[C@H]1Nc1ncc2cc(-c3c(Cl)c(OC)cc(OC)c3Cl)nc(CC)c2n1. The first-order chi connectivity index (χ1) is 16.9. The molecular weight excluding hydrogens is 493 g/mol. The number of halogens is 2. The van der Waals surface area contributed by atoms with Crippen molar-refractivity contribution >= 4 is 40.1 Å². The molecule has 9 nitrogen and oxygen atoms in total. The van der Waals surface area contributed by atoms with Crippen LogP contribution in [0.15, 0.2) is 31.0 Å². The van der Waals surface area contributed by atoms with E-state index < -0.39 is 6.23 Å². The van der Waals surface area contributed by atoms with Gasteiger partial charge in [-0.25, -0.2) is 9.97 Å². The summed E-state index contributed by atoms with van der Waals surface area (Å²) in [7, 11) is 3.05. The lowest BCUT2D eigenvalue weighted by atomic mass is 10.1. The van der Waals surface area contributed by atoms with E-state index in [2.05, 4.69) is 22.2 Å². The first-order valence-corrected chi connectivity index (χ1v) is 11.8. The van der Waals surface area contributed by atoms with Gasteiger partial charge in [-0.3, -0.25) is 10.3 Å². The maximum absolute atomic E-state index is 9.85. The summed E-state index contributed by atoms with van der Waals surface area (Å²) in [5, 5.41) is 17.7. The number of nitrogens with zero attached hydrogens (tertiary/aromatic N) is 3. The molecule has 3 N–H and O–H groups in total. The summed E-state index contributed by atoms with van der Waals surface area (Å²) in [6.45, 7) is 6.49. The lowest BCUT2D eigenvalue weighted by Crippen LogP contribution is -2.47. The molecule has 0 amide bonds. The Morgan fingerprint density at radius 2 is 1.86 bits per heavy atom. The highest BCUT2D eigenvalue weighted by atomic mass is 35.5. The number of anilines is 1. The van der Waals surface area contributed by atoms with Crippen molar-refractivity contribution in [1.29, 1.82) is 0 Å². The predicted molar refractivity (Wildman–Crippen MR) is 137 cm³/mol. The van der Waals surface area contributed by atoms with Gasteiger partial charge in [0.15, 0.2) is 0 Å². The molecule has 1 fully saturated rings. The summed E-state index contributed by atoms with van der Waals surface area (Å²) in [6.07, 6.45) is 2.95. The number of fused-ring (bicyclic) bond motifs is 1. The molecule has 3 heterocycles. The Balaban J connectivity index is 1.72. The van der Waals surface area contributed by atoms with Crippen LogP contribution in [0.25, 0.3) is 22.2 Å². The van der Waals surface area contributed by atoms with Crippen molar-refractivity contribution < 1.29 is 19.3 Å². The molecule has 0 aliphatic carbocycles. The number of aromatic nitrogens is 3. The summed E-state index contributed by atoms with van der Waals surface area (Å²) in [5.41, 5.74) is 2.56. The molecule has 11 heteroatoms. The number of hydrogen-bond acceptors (Lipinski definition) is 9. The van der Waals surface area contributed by atoms with E-state index in [1.54, 1.807) is 12.3 Å². The molecule has 0 spiro atoms. The topological polar surface area (TPSA) is 111 Å². The maximum atomic E-state index is 9.85. The third-order valence-corrected chi connectivity index (χ3v) is 6.56. The van der Waals surface area contributed by atoms with Crippen LogP contribution in [0.4, 0.5) is 5.95 Å². The molecule has 1 unspecified atom stereocenters. The van der Waals surface area contributed by atoms with E-state index in [0.717, 1.165) is 11.1 Å². The van der Waals surface area contributed by atoms with Gasteiger partial charge in [0.05, 0.1) is 66.5 Å². The average Bonchev–Trinajstić information content (AvgIpc) is 3.29. The van der Waals surface area contributed by atoms with Crippen LogP contribution in [0, 0.1) is 0 Å². The van der Waals surface area contributed by atoms with Gasteiger partial charge < -0.3 is 24.6 Å². The van der Waals surface area contributed by atoms with Crippen molar-refractivity contribution in [3.63, 3.8) is 0 Å². The lowest BCUT2D eigenvalue weighted by Gasteiger charge is -2.22. The fourth-order valence-electron chi connectivity index (χ4n) is 3.97. The van der Waals surface area contributed by atoms with Crippen LogP contribution in [0.3, 0.4) is 0 Å². The van der Waals surface area contributed by atoms with Crippen molar-refractivity contribution in [2.75, 3.05) is 32.8 Å². The van der Waals surface area contributed by atoms with Crippen molar-refractivity contribution in [2.45, 2.75) is 31.7 Å². The molecule has 3 atom stereocenters. The number of benzene rings is 1. The Bertz CT molecular complexity index is 1210. The highest BCUT2D eigenvalue weighted by molar-refractivity contribution is 6.41. The van der Waals surface area contributed by atoms with E-state index in [1.165, 1.54) is 20.3 Å². The van der Waals surface area contributed by atoms with Crippen molar-refractivity contribution in [3.05, 3.63) is 46.7 Å². The maximum Gasteiger partial charge on any atom is 0.223 e. The second kappa shape index (κ2) is 10.9. The zero-order valence-corrected chi connectivity index (χ0v) is 21.2. The largest absolute Gasteiger partial charge is 0.495 e. The van der Waals surface area contributed by atoms with Crippen molar-refractivity contribution in [1.82, 2.24) is 20.3 Å². The number of hydrogen-bond donors (Lipinski definition) is 3. The quantitative estimate of drug-likeness (QED) is 0.286. The number of rotatable bonds is 9. The smallest absolute Gasteiger partial charge is 0.223 e. The number of aliphatic hydroxyl groups is 1. The third kappa shape index (κ3) is 5.14. The monoisotopic (exact) mass is 519 g/mol. The van der Waals surface area contributed by atoms with E-state index in [4.69, 9.17) is 47.4 Å². The number of aliphatic hydroxyl groups excluding tert-OH is 1. The molecule has 3 aromatic rings. The van der Waals surface area contributed by atoms with Crippen molar-refractivity contribution in [3.8, 4) is 22.8 Å². The molecule has 186 valence electrons. The normalized spacial score (nSPS) is 18.5. The van der Waals surface area contributed by atoms with Crippen LogP contribution in [0.5, 0.6) is 11.5 Å². The molecule has 2 aromatic heterocycles. The van der Waals surface area contributed by atoms with Crippen LogP contribution in [-0.4, -0.2) is 65.8 Å². The minimum atomic E-state index is -0.827. The molecule has 1 aromatic carbocycles. The van der Waals surface area contributed by atoms with Gasteiger partial charge in [-0.15, -0.1) is 0 Å². The second-order valence-electron chi connectivity index (χ2n) is 7.97. The fourth-order valence-corrected chi connectivity index (χ4v) is 4.67. The summed E-state index contributed by atoms with van der Waals surface area (Å²) in [5.74, 6) is 1.31. The molecule has 4 rings (SSSR count). The Morgan fingerprint density at radius 3 is 2.49 bits per heavy atom. The Morgan fingerprint density at radius 1 is 1.17 bits per heavy atom. The molecule has 35 heavy (non-hydrogen) atoms. The van der Waals surface area contributed by atoms with E-state index in [9.17, 15) is 5.11 Å².